The number of H-pyrrole nitrogens is 1. The number of amides is 2. The van der Waals surface area contributed by atoms with E-state index in [1.54, 1.807) is 21.8 Å². The van der Waals surface area contributed by atoms with Crippen LogP contribution in [0, 0.1) is 0 Å². The maximum atomic E-state index is 12.9. The summed E-state index contributed by atoms with van der Waals surface area (Å²) >= 11 is 0. The van der Waals surface area contributed by atoms with Crippen LogP contribution in [0.5, 0.6) is 0 Å². The van der Waals surface area contributed by atoms with Gasteiger partial charge in [0.25, 0.3) is 11.8 Å². The lowest BCUT2D eigenvalue weighted by Crippen LogP contribution is -2.49. The van der Waals surface area contributed by atoms with Gasteiger partial charge in [-0.25, -0.2) is 5.06 Å². The fourth-order valence-corrected chi connectivity index (χ4v) is 3.11. The Kier molecular flexibility index (Phi) is 3.77. The molecule has 4 heterocycles. The van der Waals surface area contributed by atoms with Crippen molar-refractivity contribution in [3.8, 4) is 0 Å². The molecule has 2 aliphatic heterocycles. The third-order valence-electron chi connectivity index (χ3n) is 4.35. The van der Waals surface area contributed by atoms with E-state index in [9.17, 15) is 9.59 Å². The van der Waals surface area contributed by atoms with Gasteiger partial charge in [0.05, 0.1) is 25.4 Å². The van der Waals surface area contributed by atoms with Crippen LogP contribution in [0.25, 0.3) is 0 Å². The van der Waals surface area contributed by atoms with Crippen molar-refractivity contribution in [2.45, 2.75) is 25.4 Å². The molecule has 126 valence electrons. The molecular formula is C15H18N6O3. The van der Waals surface area contributed by atoms with Gasteiger partial charge in [-0.15, -0.1) is 0 Å². The number of aromatic amines is 1. The minimum Gasteiger partial charge on any atom is -0.329 e. The molecule has 1 fully saturated rings. The van der Waals surface area contributed by atoms with E-state index in [4.69, 9.17) is 4.84 Å². The van der Waals surface area contributed by atoms with E-state index in [0.717, 1.165) is 18.5 Å². The number of nitrogens with one attached hydrogen (secondary N) is 1. The topological polar surface area (TPSA) is 96.3 Å². The van der Waals surface area contributed by atoms with Crippen molar-refractivity contribution >= 4 is 11.8 Å². The van der Waals surface area contributed by atoms with E-state index in [2.05, 4.69) is 15.3 Å². The Hall–Kier alpha value is -2.68. The molecule has 1 unspecified atom stereocenters. The molecule has 2 aliphatic rings. The summed E-state index contributed by atoms with van der Waals surface area (Å²) in [4.78, 5) is 32.6. The van der Waals surface area contributed by atoms with E-state index in [1.165, 1.54) is 11.3 Å². The molecule has 24 heavy (non-hydrogen) atoms. The van der Waals surface area contributed by atoms with Crippen molar-refractivity contribution in [3.63, 3.8) is 0 Å². The first-order chi connectivity index (χ1) is 11.7. The quantitative estimate of drug-likeness (QED) is 0.857. The van der Waals surface area contributed by atoms with Crippen LogP contribution >= 0.6 is 0 Å². The van der Waals surface area contributed by atoms with Gasteiger partial charge in [0, 0.05) is 18.9 Å². The number of hydrogen-bond acceptors (Lipinski definition) is 5. The highest BCUT2D eigenvalue weighted by atomic mass is 16.7. The van der Waals surface area contributed by atoms with Crippen LogP contribution in [-0.2, 0) is 16.2 Å². The molecule has 0 bridgehead atoms. The van der Waals surface area contributed by atoms with Gasteiger partial charge < -0.3 is 4.90 Å². The Bertz CT molecular complexity index is 734. The fraction of sp³-hybridized carbons (Fsp3) is 0.467. The number of aromatic nitrogens is 4. The summed E-state index contributed by atoms with van der Waals surface area (Å²) in [6.07, 6.45) is 5.05. The van der Waals surface area contributed by atoms with Crippen LogP contribution in [0.2, 0.25) is 0 Å². The summed E-state index contributed by atoms with van der Waals surface area (Å²) in [5.74, 6) is -0.348. The molecule has 0 radical (unpaired) electrons. The highest BCUT2D eigenvalue weighted by Crippen LogP contribution is 2.24. The van der Waals surface area contributed by atoms with E-state index in [1.807, 2.05) is 6.07 Å². The molecule has 4 rings (SSSR count). The first kappa shape index (κ1) is 14.9. The average Bonchev–Trinajstić information content (AvgIpc) is 3.31. The molecular weight excluding hydrogens is 312 g/mol. The lowest BCUT2D eigenvalue weighted by atomic mass is 10.1. The zero-order chi connectivity index (χ0) is 16.5. The Morgan fingerprint density at radius 1 is 1.25 bits per heavy atom. The molecule has 1 N–H and O–H groups in total. The van der Waals surface area contributed by atoms with E-state index in [-0.39, 0.29) is 18.4 Å². The van der Waals surface area contributed by atoms with Crippen LogP contribution in [0.3, 0.4) is 0 Å². The zero-order valence-electron chi connectivity index (χ0n) is 13.1. The van der Waals surface area contributed by atoms with Crippen molar-refractivity contribution < 1.29 is 14.4 Å². The Labute approximate surface area is 138 Å². The molecule has 0 saturated carbocycles. The summed E-state index contributed by atoms with van der Waals surface area (Å²) in [7, 11) is 0. The SMILES string of the molecule is O=C(c1ccn[nH]1)N1Cc2ccnn2C(C(=O)N2CCCCO2)C1. The standard InChI is InChI=1S/C15H18N6O3/c22-14(12-4-5-16-18-12)19-9-11-3-6-17-21(11)13(10-19)15(23)20-7-1-2-8-24-20/h3-6,13H,1-2,7-10H2,(H,16,18). The number of hydrogen-bond donors (Lipinski definition) is 1. The maximum absolute atomic E-state index is 12.9. The van der Waals surface area contributed by atoms with Crippen molar-refractivity contribution in [2.24, 2.45) is 0 Å². The molecule has 2 aromatic rings. The number of hydroxylamine groups is 2. The highest BCUT2D eigenvalue weighted by Gasteiger charge is 2.36. The van der Waals surface area contributed by atoms with Crippen molar-refractivity contribution in [1.82, 2.24) is 29.9 Å². The average molecular weight is 330 g/mol. The second-order valence-electron chi connectivity index (χ2n) is 5.92. The Balaban J connectivity index is 1.59. The van der Waals surface area contributed by atoms with Gasteiger partial charge in [0.2, 0.25) is 0 Å². The second-order valence-corrected chi connectivity index (χ2v) is 5.92. The Morgan fingerprint density at radius 3 is 2.92 bits per heavy atom. The third-order valence-corrected chi connectivity index (χ3v) is 4.35. The van der Waals surface area contributed by atoms with Gasteiger partial charge in [-0.3, -0.25) is 24.2 Å². The number of rotatable bonds is 2. The summed E-state index contributed by atoms with van der Waals surface area (Å²) in [6.45, 7) is 1.77. The summed E-state index contributed by atoms with van der Waals surface area (Å²) < 4.78 is 1.69. The number of fused-ring (bicyclic) bond motifs is 1. The smallest absolute Gasteiger partial charge is 0.272 e. The molecule has 1 saturated heterocycles. The van der Waals surface area contributed by atoms with E-state index in [0.29, 0.717) is 25.4 Å². The second kappa shape index (κ2) is 6.08. The maximum Gasteiger partial charge on any atom is 0.272 e. The van der Waals surface area contributed by atoms with Gasteiger partial charge in [-0.05, 0) is 25.0 Å². The van der Waals surface area contributed by atoms with Crippen LogP contribution in [0.4, 0.5) is 0 Å². The largest absolute Gasteiger partial charge is 0.329 e. The monoisotopic (exact) mass is 330 g/mol. The fourth-order valence-electron chi connectivity index (χ4n) is 3.11. The molecule has 0 spiro atoms. The van der Waals surface area contributed by atoms with Crippen molar-refractivity contribution in [2.75, 3.05) is 19.7 Å². The molecule has 9 heteroatoms. The van der Waals surface area contributed by atoms with Crippen LogP contribution in [-0.4, -0.2) is 61.5 Å². The van der Waals surface area contributed by atoms with Gasteiger partial charge >= 0.3 is 0 Å². The molecule has 2 amide bonds. The molecule has 0 aliphatic carbocycles. The minimum absolute atomic E-state index is 0.165. The summed E-state index contributed by atoms with van der Waals surface area (Å²) in [5.41, 5.74) is 1.23. The van der Waals surface area contributed by atoms with Crippen molar-refractivity contribution in [3.05, 3.63) is 35.9 Å². The van der Waals surface area contributed by atoms with Gasteiger partial charge in [-0.2, -0.15) is 10.2 Å². The third kappa shape index (κ3) is 2.56. The lowest BCUT2D eigenvalue weighted by molar-refractivity contribution is -0.201. The van der Waals surface area contributed by atoms with Crippen molar-refractivity contribution in [1.29, 1.82) is 0 Å². The predicted octanol–water partition coefficient (Wildman–Crippen LogP) is 0.357. The van der Waals surface area contributed by atoms with Gasteiger partial charge in [0.1, 0.15) is 5.69 Å². The first-order valence-electron chi connectivity index (χ1n) is 7.99. The molecule has 0 aromatic carbocycles. The predicted molar refractivity (Wildman–Crippen MR) is 81.5 cm³/mol. The van der Waals surface area contributed by atoms with Crippen LogP contribution in [0.15, 0.2) is 24.5 Å². The number of carbonyl (C=O) groups excluding carboxylic acids is 2. The number of nitrogens with zero attached hydrogens (tertiary/aromatic N) is 5. The van der Waals surface area contributed by atoms with Crippen LogP contribution in [0.1, 0.15) is 35.1 Å². The minimum atomic E-state index is -0.575. The number of carbonyl (C=O) groups is 2. The molecule has 9 nitrogen and oxygen atoms in total. The lowest BCUT2D eigenvalue weighted by Gasteiger charge is -2.36. The van der Waals surface area contributed by atoms with Gasteiger partial charge in [-0.1, -0.05) is 0 Å². The first-order valence-corrected chi connectivity index (χ1v) is 7.99. The summed E-state index contributed by atoms with van der Waals surface area (Å²) in [6, 6.07) is 2.87. The highest BCUT2D eigenvalue weighted by molar-refractivity contribution is 5.93. The molecule has 1 atom stereocenters. The van der Waals surface area contributed by atoms with E-state index < -0.39 is 6.04 Å². The summed E-state index contributed by atoms with van der Waals surface area (Å²) in [5, 5.41) is 12.2. The van der Waals surface area contributed by atoms with Gasteiger partial charge in [0.15, 0.2) is 6.04 Å². The van der Waals surface area contributed by atoms with E-state index >= 15 is 0 Å². The van der Waals surface area contributed by atoms with Crippen LogP contribution < -0.4 is 0 Å². The normalized spacial score (nSPS) is 20.8. The molecule has 2 aromatic heterocycles. The Morgan fingerprint density at radius 2 is 2.17 bits per heavy atom. The zero-order valence-corrected chi connectivity index (χ0v) is 13.1.